The number of amides is 1. The standard InChI is InChI=1S/C15H11ClF2N2O3/c16-13-4-1-8(7-19-13)5-12(15(22)23)20-14(21)10-3-2-9(17)6-11(10)18/h1-4,6-7,12H,5H2,(H,20,21)(H,22,23)/t12-/m0/s1. The second-order valence-electron chi connectivity index (χ2n) is 4.68. The number of aromatic nitrogens is 1. The Hall–Kier alpha value is -2.54. The second-order valence-corrected chi connectivity index (χ2v) is 5.07. The van der Waals surface area contributed by atoms with Gasteiger partial charge in [-0.05, 0) is 23.8 Å². The molecule has 0 aliphatic carbocycles. The van der Waals surface area contributed by atoms with Crippen molar-refractivity contribution in [1.29, 1.82) is 0 Å². The van der Waals surface area contributed by atoms with E-state index in [0.29, 0.717) is 11.6 Å². The molecule has 23 heavy (non-hydrogen) atoms. The molecule has 2 rings (SSSR count). The number of nitrogens with zero attached hydrogens (tertiary/aromatic N) is 1. The Kier molecular flexibility index (Phi) is 5.23. The van der Waals surface area contributed by atoms with E-state index >= 15 is 0 Å². The lowest BCUT2D eigenvalue weighted by Crippen LogP contribution is -2.42. The lowest BCUT2D eigenvalue weighted by atomic mass is 10.1. The first-order chi connectivity index (χ1) is 10.9. The summed E-state index contributed by atoms with van der Waals surface area (Å²) in [5, 5.41) is 11.6. The fraction of sp³-hybridized carbons (Fsp3) is 0.133. The van der Waals surface area contributed by atoms with Crippen molar-refractivity contribution in [2.24, 2.45) is 0 Å². The molecule has 2 N–H and O–H groups in total. The molecule has 120 valence electrons. The number of carbonyl (C=O) groups is 2. The molecule has 5 nitrogen and oxygen atoms in total. The van der Waals surface area contributed by atoms with Gasteiger partial charge in [0.25, 0.3) is 5.91 Å². The molecule has 1 amide bonds. The lowest BCUT2D eigenvalue weighted by Gasteiger charge is -2.15. The molecule has 0 saturated heterocycles. The molecule has 0 fully saturated rings. The van der Waals surface area contributed by atoms with E-state index in [1.165, 1.54) is 12.3 Å². The summed E-state index contributed by atoms with van der Waals surface area (Å²) >= 11 is 5.64. The van der Waals surface area contributed by atoms with E-state index in [9.17, 15) is 23.5 Å². The number of hydrogen-bond acceptors (Lipinski definition) is 3. The first-order valence-corrected chi connectivity index (χ1v) is 6.84. The normalized spacial score (nSPS) is 11.8. The topological polar surface area (TPSA) is 79.3 Å². The minimum absolute atomic E-state index is 0.0615. The van der Waals surface area contributed by atoms with Crippen LogP contribution in [0.4, 0.5) is 8.78 Å². The monoisotopic (exact) mass is 340 g/mol. The van der Waals surface area contributed by atoms with Crippen LogP contribution in [0.3, 0.4) is 0 Å². The summed E-state index contributed by atoms with van der Waals surface area (Å²) < 4.78 is 26.4. The molecule has 1 aromatic carbocycles. The number of carboxylic acid groups (broad SMARTS) is 1. The fourth-order valence-electron chi connectivity index (χ4n) is 1.87. The van der Waals surface area contributed by atoms with Crippen molar-refractivity contribution in [1.82, 2.24) is 10.3 Å². The van der Waals surface area contributed by atoms with Crippen LogP contribution in [0.15, 0.2) is 36.5 Å². The van der Waals surface area contributed by atoms with Gasteiger partial charge in [-0.25, -0.2) is 18.6 Å². The van der Waals surface area contributed by atoms with Crippen molar-refractivity contribution in [3.63, 3.8) is 0 Å². The quantitative estimate of drug-likeness (QED) is 0.819. The molecule has 0 saturated carbocycles. The summed E-state index contributed by atoms with van der Waals surface area (Å²) in [4.78, 5) is 27.0. The number of benzene rings is 1. The van der Waals surface area contributed by atoms with E-state index in [1.54, 1.807) is 6.07 Å². The highest BCUT2D eigenvalue weighted by molar-refractivity contribution is 6.29. The zero-order valence-electron chi connectivity index (χ0n) is 11.6. The average Bonchev–Trinajstić information content (AvgIpc) is 2.48. The molecule has 0 aliphatic rings. The van der Waals surface area contributed by atoms with E-state index in [0.717, 1.165) is 12.1 Å². The average molecular weight is 341 g/mol. The molecular formula is C15H11ClF2N2O3. The summed E-state index contributed by atoms with van der Waals surface area (Å²) in [6, 6.07) is 4.16. The van der Waals surface area contributed by atoms with Crippen molar-refractivity contribution >= 4 is 23.5 Å². The van der Waals surface area contributed by atoms with Crippen LogP contribution in [-0.4, -0.2) is 28.0 Å². The van der Waals surface area contributed by atoms with E-state index in [2.05, 4.69) is 10.3 Å². The predicted octanol–water partition coefficient (Wildman–Crippen LogP) is 2.44. The zero-order chi connectivity index (χ0) is 17.0. The number of halogens is 3. The maximum atomic E-state index is 13.6. The largest absolute Gasteiger partial charge is 0.480 e. The lowest BCUT2D eigenvalue weighted by molar-refractivity contribution is -0.139. The van der Waals surface area contributed by atoms with E-state index in [4.69, 9.17) is 11.6 Å². The number of aliphatic carboxylic acids is 1. The highest BCUT2D eigenvalue weighted by Gasteiger charge is 2.23. The Labute approximate surface area is 134 Å². The van der Waals surface area contributed by atoms with Gasteiger partial charge in [0, 0.05) is 18.7 Å². The Bertz CT molecular complexity index is 738. The molecule has 1 aromatic heterocycles. The molecule has 0 bridgehead atoms. The number of carboxylic acids is 1. The predicted molar refractivity (Wildman–Crippen MR) is 78.2 cm³/mol. The minimum atomic E-state index is -1.30. The summed E-state index contributed by atoms with van der Waals surface area (Å²) in [6.07, 6.45) is 1.32. The maximum Gasteiger partial charge on any atom is 0.326 e. The maximum absolute atomic E-state index is 13.6. The highest BCUT2D eigenvalue weighted by Crippen LogP contribution is 2.11. The van der Waals surface area contributed by atoms with E-state index in [-0.39, 0.29) is 11.6 Å². The van der Waals surface area contributed by atoms with Gasteiger partial charge >= 0.3 is 5.97 Å². The van der Waals surface area contributed by atoms with Gasteiger partial charge in [-0.15, -0.1) is 0 Å². The molecular weight excluding hydrogens is 330 g/mol. The Morgan fingerprint density at radius 2 is 2.00 bits per heavy atom. The van der Waals surface area contributed by atoms with Gasteiger partial charge in [0.05, 0.1) is 5.56 Å². The summed E-state index contributed by atoms with van der Waals surface area (Å²) in [7, 11) is 0. The van der Waals surface area contributed by atoms with Crippen LogP contribution in [-0.2, 0) is 11.2 Å². The first-order valence-electron chi connectivity index (χ1n) is 6.46. The third kappa shape index (κ3) is 4.46. The third-order valence-corrected chi connectivity index (χ3v) is 3.23. The van der Waals surface area contributed by atoms with Crippen LogP contribution < -0.4 is 5.32 Å². The van der Waals surface area contributed by atoms with Crippen molar-refractivity contribution in [3.05, 3.63) is 64.4 Å². The number of nitrogens with one attached hydrogen (secondary N) is 1. The molecule has 0 aliphatic heterocycles. The Morgan fingerprint density at radius 3 is 2.57 bits per heavy atom. The Morgan fingerprint density at radius 1 is 1.26 bits per heavy atom. The van der Waals surface area contributed by atoms with Crippen LogP contribution in [0, 0.1) is 11.6 Å². The van der Waals surface area contributed by atoms with E-state index in [1.807, 2.05) is 0 Å². The molecule has 0 spiro atoms. The van der Waals surface area contributed by atoms with Crippen LogP contribution in [0.25, 0.3) is 0 Å². The van der Waals surface area contributed by atoms with E-state index < -0.39 is 35.1 Å². The minimum Gasteiger partial charge on any atom is -0.480 e. The van der Waals surface area contributed by atoms with Gasteiger partial charge in [-0.2, -0.15) is 0 Å². The molecule has 0 unspecified atom stereocenters. The molecule has 0 radical (unpaired) electrons. The third-order valence-electron chi connectivity index (χ3n) is 3.01. The fourth-order valence-corrected chi connectivity index (χ4v) is 1.98. The highest BCUT2D eigenvalue weighted by atomic mass is 35.5. The molecule has 2 aromatic rings. The van der Waals surface area contributed by atoms with Crippen LogP contribution in [0.5, 0.6) is 0 Å². The number of hydrogen-bond donors (Lipinski definition) is 2. The molecule has 1 atom stereocenters. The van der Waals surface area contributed by atoms with Gasteiger partial charge in [0.2, 0.25) is 0 Å². The SMILES string of the molecule is O=C(N[C@@H](Cc1ccc(Cl)nc1)C(=O)O)c1ccc(F)cc1F. The van der Waals surface area contributed by atoms with Crippen LogP contribution >= 0.6 is 11.6 Å². The first kappa shape index (κ1) is 16.8. The van der Waals surface area contributed by atoms with Crippen molar-refractivity contribution in [3.8, 4) is 0 Å². The summed E-state index contributed by atoms with van der Waals surface area (Å²) in [6.45, 7) is 0. The number of carbonyl (C=O) groups excluding carboxylic acids is 1. The number of pyridine rings is 1. The van der Waals surface area contributed by atoms with Gasteiger partial charge in [0.15, 0.2) is 0 Å². The Balaban J connectivity index is 2.14. The van der Waals surface area contributed by atoms with Gasteiger partial charge < -0.3 is 10.4 Å². The second kappa shape index (κ2) is 7.15. The van der Waals surface area contributed by atoms with Crippen molar-refractivity contribution in [2.45, 2.75) is 12.5 Å². The summed E-state index contributed by atoms with van der Waals surface area (Å²) in [5.41, 5.74) is 0.0913. The van der Waals surface area contributed by atoms with Gasteiger partial charge in [0.1, 0.15) is 22.8 Å². The van der Waals surface area contributed by atoms with Crippen molar-refractivity contribution < 1.29 is 23.5 Å². The smallest absolute Gasteiger partial charge is 0.326 e. The van der Waals surface area contributed by atoms with Gasteiger partial charge in [-0.3, -0.25) is 4.79 Å². The van der Waals surface area contributed by atoms with Crippen molar-refractivity contribution in [2.75, 3.05) is 0 Å². The van der Waals surface area contributed by atoms with Crippen LogP contribution in [0.1, 0.15) is 15.9 Å². The van der Waals surface area contributed by atoms with Crippen LogP contribution in [0.2, 0.25) is 5.15 Å². The molecule has 1 heterocycles. The molecule has 8 heteroatoms. The zero-order valence-corrected chi connectivity index (χ0v) is 12.3. The van der Waals surface area contributed by atoms with Gasteiger partial charge in [-0.1, -0.05) is 17.7 Å². The number of rotatable bonds is 5. The summed E-state index contributed by atoms with van der Waals surface area (Å²) in [5.74, 6) is -4.14.